The van der Waals surface area contributed by atoms with E-state index in [1.807, 2.05) is 0 Å². The number of anilines is 1. The van der Waals surface area contributed by atoms with Gasteiger partial charge in [0.1, 0.15) is 0 Å². The summed E-state index contributed by atoms with van der Waals surface area (Å²) in [6.07, 6.45) is -4.88. The van der Waals surface area contributed by atoms with Gasteiger partial charge < -0.3 is 29.7 Å². The Hall–Kier alpha value is -2.84. The molecule has 2 heterocycles. The van der Waals surface area contributed by atoms with E-state index >= 15 is 0 Å². The average Bonchev–Trinajstić information content (AvgIpc) is 2.94. The number of nitrogens with one attached hydrogen (secondary N) is 1. The first-order valence-electron chi connectivity index (χ1n) is 7.70. The van der Waals surface area contributed by atoms with E-state index < -0.39 is 30.6 Å². The van der Waals surface area contributed by atoms with Crippen LogP contribution in [0.15, 0.2) is 30.3 Å². The number of rotatable bonds is 2. The molecule has 3 unspecified atom stereocenters. The molecule has 4 rings (SSSR count). The maximum atomic E-state index is 11.1. The summed E-state index contributed by atoms with van der Waals surface area (Å²) in [6.45, 7) is 0. The van der Waals surface area contributed by atoms with Gasteiger partial charge in [0.25, 0.3) is 0 Å². The molecule has 8 nitrogen and oxygen atoms in total. The fourth-order valence-corrected chi connectivity index (χ4v) is 4.09. The van der Waals surface area contributed by atoms with Crippen LogP contribution in [0.1, 0.15) is 17.0 Å². The van der Waals surface area contributed by atoms with Crippen LogP contribution in [0.4, 0.5) is 15.3 Å². The van der Waals surface area contributed by atoms with E-state index in [2.05, 4.69) is 5.32 Å². The van der Waals surface area contributed by atoms with E-state index in [0.717, 1.165) is 0 Å². The molecule has 2 aromatic carbocycles. The fraction of sp³-hybridized carbons (Fsp3) is 0.176. The van der Waals surface area contributed by atoms with Gasteiger partial charge in [0.05, 0.1) is 5.92 Å². The quantitative estimate of drug-likeness (QED) is 0.492. The van der Waals surface area contributed by atoms with Crippen molar-refractivity contribution in [1.29, 1.82) is 0 Å². The average molecular weight is 412 g/mol. The predicted octanol–water partition coefficient (Wildman–Crippen LogP) is 4.39. The third kappa shape index (κ3) is 2.96. The highest BCUT2D eigenvalue weighted by atomic mass is 35.5. The molecule has 0 saturated heterocycles. The van der Waals surface area contributed by atoms with Crippen LogP contribution in [0.5, 0.6) is 11.5 Å². The van der Waals surface area contributed by atoms with Crippen molar-refractivity contribution in [2.75, 3.05) is 5.32 Å². The van der Waals surface area contributed by atoms with E-state index in [4.69, 9.17) is 47.6 Å². The highest BCUT2D eigenvalue weighted by Gasteiger charge is 2.49. The summed E-state index contributed by atoms with van der Waals surface area (Å²) in [4.78, 5) is 22.1. The molecular formula is C17H11Cl2NO7. The molecule has 2 aliphatic rings. The zero-order chi connectivity index (χ0) is 19.3. The lowest BCUT2D eigenvalue weighted by atomic mass is 9.83. The second kappa shape index (κ2) is 6.40. The minimum Gasteiger partial charge on any atom is -0.479 e. The van der Waals surface area contributed by atoms with Gasteiger partial charge in [-0.2, -0.15) is 0 Å². The molecule has 0 bridgehead atoms. The van der Waals surface area contributed by atoms with Gasteiger partial charge in [-0.25, -0.2) is 9.59 Å². The number of carbonyl (C=O) groups is 2. The zero-order valence-corrected chi connectivity index (χ0v) is 14.8. The van der Waals surface area contributed by atoms with Crippen molar-refractivity contribution in [3.8, 4) is 11.5 Å². The van der Waals surface area contributed by atoms with E-state index in [0.29, 0.717) is 26.9 Å². The molecule has 2 aromatic rings. The van der Waals surface area contributed by atoms with Gasteiger partial charge in [-0.15, -0.1) is 0 Å². The molecule has 0 radical (unpaired) electrons. The highest BCUT2D eigenvalue weighted by molar-refractivity contribution is 6.35. The van der Waals surface area contributed by atoms with Crippen LogP contribution >= 0.6 is 23.2 Å². The first kappa shape index (κ1) is 17.6. The van der Waals surface area contributed by atoms with Crippen molar-refractivity contribution in [1.82, 2.24) is 0 Å². The lowest BCUT2D eigenvalue weighted by Gasteiger charge is -2.35. The van der Waals surface area contributed by atoms with Crippen LogP contribution in [0.3, 0.4) is 0 Å². The summed E-state index contributed by atoms with van der Waals surface area (Å²) in [7, 11) is 0. The Balaban J connectivity index is 1.88. The minimum atomic E-state index is -1.50. The summed E-state index contributed by atoms with van der Waals surface area (Å²) in [5, 5.41) is 21.6. The van der Waals surface area contributed by atoms with Gasteiger partial charge in [0, 0.05) is 26.9 Å². The molecule has 140 valence electrons. The first-order chi connectivity index (χ1) is 12.8. The summed E-state index contributed by atoms with van der Waals surface area (Å²) in [5.41, 5.74) is 1.74. The normalized spacial score (nSPS) is 21.8. The third-order valence-corrected chi connectivity index (χ3v) is 4.88. The molecular weight excluding hydrogens is 401 g/mol. The largest absolute Gasteiger partial charge is 0.511 e. The van der Waals surface area contributed by atoms with Crippen LogP contribution < -0.4 is 14.8 Å². The minimum absolute atomic E-state index is 0.00453. The van der Waals surface area contributed by atoms with Crippen molar-refractivity contribution in [2.45, 2.75) is 18.2 Å². The van der Waals surface area contributed by atoms with Gasteiger partial charge in [-0.3, -0.25) is 0 Å². The molecule has 27 heavy (non-hydrogen) atoms. The van der Waals surface area contributed by atoms with Gasteiger partial charge in [-0.1, -0.05) is 35.3 Å². The molecule has 0 spiro atoms. The number of ether oxygens (including phenoxy) is 3. The second-order valence-corrected chi connectivity index (χ2v) is 6.74. The van der Waals surface area contributed by atoms with Gasteiger partial charge >= 0.3 is 12.3 Å². The Labute approximate surface area is 162 Å². The molecule has 3 atom stereocenters. The maximum Gasteiger partial charge on any atom is 0.511 e. The summed E-state index contributed by atoms with van der Waals surface area (Å²) in [5.74, 6) is -0.327. The molecule has 0 aliphatic carbocycles. The molecule has 10 heteroatoms. The Morgan fingerprint density at radius 1 is 1.15 bits per heavy atom. The van der Waals surface area contributed by atoms with E-state index in [1.54, 1.807) is 24.3 Å². The number of hydrogen-bond acceptors (Lipinski definition) is 6. The maximum absolute atomic E-state index is 11.1. The molecule has 2 aliphatic heterocycles. The summed E-state index contributed by atoms with van der Waals surface area (Å²) in [6, 6.07) is 7.95. The van der Waals surface area contributed by atoms with Crippen LogP contribution in [-0.4, -0.2) is 34.9 Å². The molecule has 0 aromatic heterocycles. The standard InChI is InChI=1S/C17H11Cl2NO7/c18-6-4-8(19)12-9(5-6)20-15(27-17(23)24)14-11(12)7-2-1-3-10(13(7)26-14)25-16(21)22/h1-5,11,14-15,20H,(H,21,22)(H,23,24). The Morgan fingerprint density at radius 2 is 1.93 bits per heavy atom. The molecule has 0 saturated carbocycles. The van der Waals surface area contributed by atoms with Crippen molar-refractivity contribution in [3.05, 3.63) is 51.5 Å². The van der Waals surface area contributed by atoms with Crippen LogP contribution in [0, 0.1) is 0 Å². The van der Waals surface area contributed by atoms with Crippen LogP contribution in [-0.2, 0) is 4.74 Å². The predicted molar refractivity (Wildman–Crippen MR) is 94.3 cm³/mol. The zero-order valence-electron chi connectivity index (χ0n) is 13.3. The lowest BCUT2D eigenvalue weighted by Crippen LogP contribution is -2.46. The monoisotopic (exact) mass is 411 g/mol. The summed E-state index contributed by atoms with van der Waals surface area (Å²) < 4.78 is 15.6. The molecule has 3 N–H and O–H groups in total. The van der Waals surface area contributed by atoms with Crippen molar-refractivity contribution in [3.63, 3.8) is 0 Å². The number of para-hydroxylation sites is 1. The van der Waals surface area contributed by atoms with Crippen molar-refractivity contribution >= 4 is 41.2 Å². The smallest absolute Gasteiger partial charge is 0.479 e. The summed E-state index contributed by atoms with van der Waals surface area (Å²) >= 11 is 12.5. The van der Waals surface area contributed by atoms with Crippen LogP contribution in [0.2, 0.25) is 10.0 Å². The van der Waals surface area contributed by atoms with Gasteiger partial charge in [0.15, 0.2) is 17.6 Å². The Bertz CT molecular complexity index is 965. The number of carboxylic acid groups (broad SMARTS) is 2. The van der Waals surface area contributed by atoms with Crippen molar-refractivity contribution < 1.29 is 34.0 Å². The van der Waals surface area contributed by atoms with Gasteiger partial charge in [0.2, 0.25) is 6.23 Å². The highest BCUT2D eigenvalue weighted by Crippen LogP contribution is 2.54. The van der Waals surface area contributed by atoms with E-state index in [-0.39, 0.29) is 11.5 Å². The topological polar surface area (TPSA) is 114 Å². The fourth-order valence-electron chi connectivity index (χ4n) is 3.48. The number of benzene rings is 2. The molecule has 0 amide bonds. The SMILES string of the molecule is O=C(O)Oc1cccc2c1OC1C(OC(=O)O)Nc3cc(Cl)cc(Cl)c3C21. The number of fused-ring (bicyclic) bond motifs is 5. The number of halogens is 2. The van der Waals surface area contributed by atoms with Crippen molar-refractivity contribution in [2.24, 2.45) is 0 Å². The molecule has 0 fully saturated rings. The van der Waals surface area contributed by atoms with Gasteiger partial charge in [-0.05, 0) is 18.2 Å². The lowest BCUT2D eigenvalue weighted by molar-refractivity contribution is 0.00523. The third-order valence-electron chi connectivity index (χ3n) is 4.35. The van der Waals surface area contributed by atoms with E-state index in [9.17, 15) is 9.59 Å². The number of hydrogen-bond donors (Lipinski definition) is 3. The Morgan fingerprint density at radius 3 is 2.63 bits per heavy atom. The van der Waals surface area contributed by atoms with Crippen LogP contribution in [0.25, 0.3) is 0 Å². The van der Waals surface area contributed by atoms with E-state index in [1.165, 1.54) is 6.07 Å². The first-order valence-corrected chi connectivity index (χ1v) is 8.46. The second-order valence-electron chi connectivity index (χ2n) is 5.90. The Kier molecular flexibility index (Phi) is 4.16.